The van der Waals surface area contributed by atoms with Gasteiger partial charge in [-0.2, -0.15) is 4.98 Å². The van der Waals surface area contributed by atoms with Crippen molar-refractivity contribution in [2.24, 2.45) is 23.0 Å². The first-order valence-corrected chi connectivity index (χ1v) is 53.7. The molecule has 724 valence electrons. The molecule has 3 aliphatic heterocycles. The third kappa shape index (κ3) is 24.3. The molecule has 133 heavy (non-hydrogen) atoms. The van der Waals surface area contributed by atoms with E-state index in [4.69, 9.17) is 53.5 Å². The molecule has 3 aromatic carbocycles. The van der Waals surface area contributed by atoms with Gasteiger partial charge in [0.2, 0.25) is 5.95 Å². The third-order valence-corrected chi connectivity index (χ3v) is 36.4. The number of nitrogen functional groups attached to an aromatic ring is 1. The van der Waals surface area contributed by atoms with Gasteiger partial charge in [-0.3, -0.25) is 38.5 Å². The Hall–Kier alpha value is -9.21. The van der Waals surface area contributed by atoms with Crippen molar-refractivity contribution < 1.29 is 86.4 Å². The predicted molar refractivity (Wildman–Crippen MR) is 509 cm³/mol. The Morgan fingerprint density at radius 1 is 0.774 bits per heavy atom. The standard InChI is InChI=1S/C58H84N6O8SSi2.C37H52N10O11/c1-12-54(68)31-37(3)32-57(52(67)71-7,49-40(22-26-63(5)35-54)39-19-14-15-20-44(39)62-49)43-30-42-41(29-45(43)70-6)47(59)48-56(42)24-27-64-25-18-23-55(13-2,50(56)64)51(66)58(48,69)46(65)21-16-17-28-74(8,9)72-75(10,11)36-73-53-60-33-38(4)34-61-53;1-2-47-24-29(45-46-47)25-58-21-20-57-19-18-56-17-16-55-15-14-54-13-12-53-11-3-4-30(48)9-10-31(36(51)52)42-34(49)26-5-7-27(8-6-26)39-22-28-23-40-33-32(41-28)35(50)44-37(38)43-33/h14-15,18-20,23,29-30,33-34,37,47-48,50-51,62,66,68-69H,12-13,16-17,21-22,24-28,31-32,35-36,59H2,1-11H3;5-8,23-24,31,39H,2-4,9-22,25H2,1H3,(H,42,49)(H,51,52)(H3,38,40,43,44,50)/t37-,47?,48+,50-,51+,54-,55+,56-,57-,58-;31-/m00/s1. The quantitative estimate of drug-likeness (QED) is 0.00424. The summed E-state index contributed by atoms with van der Waals surface area (Å²) in [5, 5.41) is 64.9. The highest BCUT2D eigenvalue weighted by atomic mass is 32.2. The zero-order valence-electron chi connectivity index (χ0n) is 79.0. The number of para-hydroxylation sites is 1. The monoisotopic (exact) mass is 1890 g/mol. The number of likely N-dealkylation sites (N-methyl/N-ethyl adjacent to an activating group) is 1. The lowest BCUT2D eigenvalue weighted by Gasteiger charge is -2.63. The molecule has 1 amide bonds. The Bertz CT molecular complexity index is 5360. The van der Waals surface area contributed by atoms with Crippen molar-refractivity contribution in [3.05, 3.63) is 158 Å². The van der Waals surface area contributed by atoms with Crippen molar-refractivity contribution in [2.75, 3.05) is 137 Å². The van der Waals surface area contributed by atoms with Crippen LogP contribution in [0.1, 0.15) is 166 Å². The molecule has 8 heterocycles. The number of nitrogens with zero attached hydrogens (tertiary/aromatic N) is 10. The summed E-state index contributed by atoms with van der Waals surface area (Å²) in [5.74, 6) is -3.48. The lowest BCUT2D eigenvalue weighted by Crippen LogP contribution is -2.77. The van der Waals surface area contributed by atoms with Crippen LogP contribution < -0.4 is 32.4 Å². The third-order valence-electron chi connectivity index (χ3n) is 26.6. The second kappa shape index (κ2) is 46.1. The largest absolute Gasteiger partial charge is 0.496 e. The van der Waals surface area contributed by atoms with Crippen molar-refractivity contribution in [3.63, 3.8) is 0 Å². The topological polar surface area (TPSA) is 476 Å². The van der Waals surface area contributed by atoms with Gasteiger partial charge in [0.05, 0.1) is 117 Å². The number of β-amino-alcohol motifs (C(OH)–C–C–N with tert-alkyl or cyclic N) is 1. The summed E-state index contributed by atoms with van der Waals surface area (Å²) in [7, 11) is 0.814. The number of unbranched alkanes of at least 4 members (excludes halogenated alkanes) is 1. The van der Waals surface area contributed by atoms with Gasteiger partial charge in [0.15, 0.2) is 44.3 Å². The smallest absolute Gasteiger partial charge is 0.326 e. The van der Waals surface area contributed by atoms with Crippen LogP contribution >= 0.6 is 11.8 Å². The number of aryl methyl sites for hydroxylation is 2. The number of thioether (sulfide) groups is 1. The highest BCUT2D eigenvalue weighted by Gasteiger charge is 2.78. The molecule has 1 spiro atoms. The zero-order valence-corrected chi connectivity index (χ0v) is 81.8. The molecule has 38 heteroatoms. The van der Waals surface area contributed by atoms with E-state index in [-0.39, 0.29) is 84.9 Å². The number of Topliss-reactive ketones (excluding diaryl/α,β-unsaturated/α-hetero) is 2. The number of ketones is 2. The van der Waals surface area contributed by atoms with Crippen LogP contribution in [0.25, 0.3) is 22.1 Å². The summed E-state index contributed by atoms with van der Waals surface area (Å²) >= 11 is 1.64. The van der Waals surface area contributed by atoms with Gasteiger partial charge in [-0.05, 0) is 188 Å². The Balaban J connectivity index is 0.000000249. The zero-order chi connectivity index (χ0) is 95.5. The predicted octanol–water partition coefficient (Wildman–Crippen LogP) is 9.42. The molecular weight excluding hydrogens is 1760 g/mol. The van der Waals surface area contributed by atoms with Gasteiger partial charge in [0, 0.05) is 132 Å². The number of fused-ring (bicyclic) bond motifs is 5. The maximum absolute atomic E-state index is 15.6. The number of nitrogens with two attached hydrogens (primary N) is 2. The molecular formula is C95H136N16O19SSi2. The van der Waals surface area contributed by atoms with Crippen LogP contribution in [0.3, 0.4) is 0 Å². The molecule has 0 bridgehead atoms. The number of aromatic nitrogens is 10. The number of carboxylic acids is 1. The number of aliphatic hydroxyl groups is 3. The minimum absolute atomic E-state index is 0.00327. The molecule has 2 fully saturated rings. The van der Waals surface area contributed by atoms with Crippen LogP contribution in [0.4, 0.5) is 11.6 Å². The van der Waals surface area contributed by atoms with E-state index in [0.717, 1.165) is 74.1 Å². The summed E-state index contributed by atoms with van der Waals surface area (Å²) in [6.07, 6.45) is 14.7. The highest BCUT2D eigenvalue weighted by Crippen LogP contribution is 2.70. The molecule has 0 radical (unpaired) electrons. The maximum Gasteiger partial charge on any atom is 0.326 e. The number of aromatic amines is 2. The van der Waals surface area contributed by atoms with E-state index in [2.05, 4.69) is 130 Å². The fourth-order valence-corrected chi connectivity index (χ4v) is 31.0. The molecule has 13 rings (SSSR count). The molecule has 12 N–H and O–H groups in total. The summed E-state index contributed by atoms with van der Waals surface area (Å²) in [5.41, 5.74) is 14.3. The van der Waals surface area contributed by atoms with Crippen molar-refractivity contribution in [3.8, 4) is 5.75 Å². The summed E-state index contributed by atoms with van der Waals surface area (Å²) in [6, 6.07) is 17.0. The van der Waals surface area contributed by atoms with Gasteiger partial charge in [0.25, 0.3) is 11.5 Å². The SMILES string of the molecule is CC[C@]1(O)C[C@H](C)C[C@](C(=O)OC)(c2cc3c(cc2OC)C(N)[C@H]2[C@@](O)(C(=O)CCCC[Si](C)(C)O[Si](C)(C)CSc4ncc(C)cn4)[C@H](O)[C@]4(CC)C=CCN5CC[C@]32[C@@H]54)c2[nH]c3ccccc3c2CCN(C)C1.CCn1cc(COCCOCCOCCOCCOCCOCCCC(=O)CC[C@H](NC(=O)c2ccc(NCc3cnc4nc(N)[nH]c(=O)c4n3)cc2)C(=O)O)nn1. The number of nitrogens with one attached hydrogen (secondary N) is 4. The van der Waals surface area contributed by atoms with Gasteiger partial charge in [-0.1, -0.05) is 74.5 Å². The first-order valence-electron chi connectivity index (χ1n) is 46.5. The van der Waals surface area contributed by atoms with Crippen molar-refractivity contribution in [1.82, 2.24) is 65.0 Å². The van der Waals surface area contributed by atoms with Crippen LogP contribution in [0.15, 0.2) is 108 Å². The average molecular weight is 1890 g/mol. The number of carbonyl (C=O) groups excluding carboxylic acids is 4. The van der Waals surface area contributed by atoms with E-state index in [0.29, 0.717) is 173 Å². The number of esters is 1. The van der Waals surface area contributed by atoms with E-state index < -0.39 is 91.6 Å². The molecule has 2 aliphatic carbocycles. The Labute approximate surface area is 783 Å². The average Bonchev–Trinajstić information content (AvgIpc) is 1.48. The minimum Gasteiger partial charge on any atom is -0.496 e. The number of benzene rings is 3. The molecule has 35 nitrogen and oxygen atoms in total. The first kappa shape index (κ1) is 103. The Morgan fingerprint density at radius 2 is 1.46 bits per heavy atom. The number of hydrogen-bond acceptors (Lipinski definition) is 31. The van der Waals surface area contributed by atoms with Gasteiger partial charge in [0.1, 0.15) is 34.8 Å². The number of aliphatic hydroxyl groups excluding tert-OH is 1. The number of methoxy groups -OCH3 is 2. The number of hydrogen-bond donors (Lipinski definition) is 10. The van der Waals surface area contributed by atoms with E-state index in [1.54, 1.807) is 35.7 Å². The molecule has 1 saturated heterocycles. The number of carboxylic acid groups (broad SMARTS) is 1. The Morgan fingerprint density at radius 3 is 2.11 bits per heavy atom. The fraction of sp³-hybridized carbons (Fsp3) is 0.589. The number of H-pyrrole nitrogens is 2. The number of rotatable bonds is 47. The molecule has 8 aromatic rings. The number of anilines is 2. The second-order valence-corrected chi connectivity index (χ2v) is 47.3. The highest BCUT2D eigenvalue weighted by molar-refractivity contribution is 8.00. The van der Waals surface area contributed by atoms with Crippen molar-refractivity contribution >= 4 is 91.5 Å². The normalized spacial score (nSPS) is 23.2. The number of ether oxygens (including phenoxy) is 8. The van der Waals surface area contributed by atoms with Gasteiger partial charge in [-0.25, -0.2) is 24.7 Å². The van der Waals surface area contributed by atoms with Crippen molar-refractivity contribution in [1.29, 1.82) is 0 Å². The molecule has 5 aromatic heterocycles. The number of amides is 1. The van der Waals surface area contributed by atoms with E-state index in [9.17, 15) is 39.6 Å². The van der Waals surface area contributed by atoms with Crippen LogP contribution in [-0.4, -0.2) is 281 Å². The summed E-state index contributed by atoms with van der Waals surface area (Å²) in [6.45, 7) is 27.7. The van der Waals surface area contributed by atoms with Gasteiger partial charge >= 0.3 is 11.9 Å². The molecule has 1 saturated carbocycles. The van der Waals surface area contributed by atoms with Crippen LogP contribution in [0.5, 0.6) is 5.75 Å². The molecule has 1 unspecified atom stereocenters. The van der Waals surface area contributed by atoms with E-state index in [1.807, 2.05) is 70.7 Å². The van der Waals surface area contributed by atoms with Crippen LogP contribution in [0.2, 0.25) is 32.2 Å². The maximum atomic E-state index is 15.6. The Kier molecular flexibility index (Phi) is 35.6. The van der Waals surface area contributed by atoms with Gasteiger partial charge < -0.3 is 94.4 Å². The van der Waals surface area contributed by atoms with E-state index >= 15 is 9.59 Å². The fourth-order valence-electron chi connectivity index (χ4n) is 20.6. The van der Waals surface area contributed by atoms with Gasteiger partial charge in [-0.15, -0.1) is 5.10 Å². The van der Waals surface area contributed by atoms with Crippen LogP contribution in [-0.2, 0) is 93.4 Å². The van der Waals surface area contributed by atoms with Crippen molar-refractivity contribution in [2.45, 2.75) is 221 Å². The van der Waals surface area contributed by atoms with Crippen LogP contribution in [0, 0.1) is 24.2 Å². The van der Waals surface area contributed by atoms with E-state index in [1.165, 1.54) is 25.4 Å². The lowest BCUT2D eigenvalue weighted by atomic mass is 9.45. The number of aliphatic carboxylic acids is 1. The second-order valence-electron chi connectivity index (χ2n) is 37.2. The first-order chi connectivity index (χ1) is 63.7. The molecule has 11 atom stereocenters. The number of carbonyl (C=O) groups is 5. The molecule has 5 aliphatic rings. The summed E-state index contributed by atoms with van der Waals surface area (Å²) in [4.78, 5) is 112. The lowest BCUT2D eigenvalue weighted by molar-refractivity contribution is -0.221. The minimum atomic E-state index is -2.21. The summed E-state index contributed by atoms with van der Waals surface area (Å²) < 4.78 is 54.1.